The predicted octanol–water partition coefficient (Wildman–Crippen LogP) is 3.46. The molecule has 106 valence electrons. The fourth-order valence-corrected chi connectivity index (χ4v) is 2.87. The molecule has 0 radical (unpaired) electrons. The van der Waals surface area contributed by atoms with Crippen molar-refractivity contribution in [2.24, 2.45) is 0 Å². The Labute approximate surface area is 124 Å². The second-order valence-corrected chi connectivity index (χ2v) is 5.95. The average molecular weight is 328 g/mol. The van der Waals surface area contributed by atoms with Gasteiger partial charge >= 0.3 is 0 Å². The number of methoxy groups -OCH3 is 1. The lowest BCUT2D eigenvalue weighted by atomic mass is 10.1. The molecule has 0 amide bonds. The van der Waals surface area contributed by atoms with Crippen molar-refractivity contribution in [2.45, 2.75) is 39.0 Å². The number of hydrogen-bond acceptors (Lipinski definition) is 3. The predicted molar refractivity (Wildman–Crippen MR) is 80.6 cm³/mol. The first-order chi connectivity index (χ1) is 9.13. The van der Waals surface area contributed by atoms with E-state index >= 15 is 0 Å². The normalized spacial score (nSPS) is 24.4. The minimum atomic E-state index is 0.312. The third-order valence-corrected chi connectivity index (χ3v) is 4.45. The fourth-order valence-electron chi connectivity index (χ4n) is 2.50. The summed E-state index contributed by atoms with van der Waals surface area (Å²) < 4.78 is 12.2. The van der Waals surface area contributed by atoms with E-state index in [9.17, 15) is 0 Å². The Balaban J connectivity index is 2.14. The van der Waals surface area contributed by atoms with E-state index in [4.69, 9.17) is 9.47 Å². The lowest BCUT2D eigenvalue weighted by Crippen LogP contribution is -2.47. The summed E-state index contributed by atoms with van der Waals surface area (Å²) in [6, 6.07) is 6.65. The molecule has 4 heteroatoms. The standard InChI is InChI=1S/C15H22BrNO2/c1-4-13-10-19-11(2)8-17(13)9-12-7-14(18-3)5-6-15(12)16/h5-7,11,13H,4,8-10H2,1-3H3. The molecule has 0 aromatic heterocycles. The molecule has 1 aliphatic rings. The minimum Gasteiger partial charge on any atom is -0.497 e. The summed E-state index contributed by atoms with van der Waals surface area (Å²) in [6.45, 7) is 7.11. The van der Waals surface area contributed by atoms with Crippen LogP contribution in [-0.2, 0) is 11.3 Å². The molecule has 1 aliphatic heterocycles. The molecule has 19 heavy (non-hydrogen) atoms. The van der Waals surface area contributed by atoms with Gasteiger partial charge in [0, 0.05) is 23.6 Å². The van der Waals surface area contributed by atoms with Gasteiger partial charge in [0.05, 0.1) is 19.8 Å². The van der Waals surface area contributed by atoms with Gasteiger partial charge in [0.25, 0.3) is 0 Å². The highest BCUT2D eigenvalue weighted by molar-refractivity contribution is 9.10. The second-order valence-electron chi connectivity index (χ2n) is 5.09. The molecule has 1 fully saturated rings. The van der Waals surface area contributed by atoms with Crippen LogP contribution in [0, 0.1) is 0 Å². The molecule has 0 aliphatic carbocycles. The SMILES string of the molecule is CCC1COC(C)CN1Cc1cc(OC)ccc1Br. The maximum Gasteiger partial charge on any atom is 0.119 e. The molecule has 3 nitrogen and oxygen atoms in total. The van der Waals surface area contributed by atoms with Gasteiger partial charge < -0.3 is 9.47 Å². The molecule has 1 aromatic carbocycles. The van der Waals surface area contributed by atoms with E-state index in [1.54, 1.807) is 7.11 Å². The number of nitrogens with zero attached hydrogens (tertiary/aromatic N) is 1. The summed E-state index contributed by atoms with van der Waals surface area (Å²) in [5.41, 5.74) is 1.27. The summed E-state index contributed by atoms with van der Waals surface area (Å²) in [6.07, 6.45) is 1.43. The van der Waals surface area contributed by atoms with Gasteiger partial charge in [-0.15, -0.1) is 0 Å². The summed E-state index contributed by atoms with van der Waals surface area (Å²) in [7, 11) is 1.71. The number of benzene rings is 1. The van der Waals surface area contributed by atoms with Crippen LogP contribution in [0.25, 0.3) is 0 Å². The van der Waals surface area contributed by atoms with Gasteiger partial charge in [-0.2, -0.15) is 0 Å². The molecular formula is C15H22BrNO2. The maximum absolute atomic E-state index is 5.75. The van der Waals surface area contributed by atoms with Gasteiger partial charge in [-0.3, -0.25) is 4.90 Å². The van der Waals surface area contributed by atoms with Gasteiger partial charge in [0.15, 0.2) is 0 Å². The maximum atomic E-state index is 5.75. The van der Waals surface area contributed by atoms with Gasteiger partial charge in [-0.05, 0) is 37.1 Å². The van der Waals surface area contributed by atoms with Crippen molar-refractivity contribution in [2.75, 3.05) is 20.3 Å². The lowest BCUT2D eigenvalue weighted by Gasteiger charge is -2.38. The van der Waals surface area contributed by atoms with E-state index in [0.29, 0.717) is 12.1 Å². The fraction of sp³-hybridized carbons (Fsp3) is 0.600. The van der Waals surface area contributed by atoms with Gasteiger partial charge in [-0.25, -0.2) is 0 Å². The van der Waals surface area contributed by atoms with Crippen LogP contribution in [0.5, 0.6) is 5.75 Å². The molecule has 2 atom stereocenters. The molecule has 0 N–H and O–H groups in total. The molecule has 1 saturated heterocycles. The monoisotopic (exact) mass is 327 g/mol. The first-order valence-electron chi connectivity index (χ1n) is 6.82. The smallest absolute Gasteiger partial charge is 0.119 e. The van der Waals surface area contributed by atoms with E-state index in [1.165, 1.54) is 5.56 Å². The number of morpholine rings is 1. The Bertz CT molecular complexity index is 425. The van der Waals surface area contributed by atoms with Crippen LogP contribution < -0.4 is 4.74 Å². The van der Waals surface area contributed by atoms with Crippen LogP contribution in [0.4, 0.5) is 0 Å². The third kappa shape index (κ3) is 3.71. The highest BCUT2D eigenvalue weighted by atomic mass is 79.9. The van der Waals surface area contributed by atoms with Crippen LogP contribution in [-0.4, -0.2) is 37.3 Å². The van der Waals surface area contributed by atoms with E-state index in [2.05, 4.69) is 46.8 Å². The zero-order valence-electron chi connectivity index (χ0n) is 11.9. The van der Waals surface area contributed by atoms with Crippen LogP contribution in [0.2, 0.25) is 0 Å². The number of hydrogen-bond donors (Lipinski definition) is 0. The van der Waals surface area contributed by atoms with Crippen molar-refractivity contribution in [3.8, 4) is 5.75 Å². The average Bonchev–Trinajstić information content (AvgIpc) is 2.41. The summed E-state index contributed by atoms with van der Waals surface area (Å²) >= 11 is 3.63. The highest BCUT2D eigenvalue weighted by Gasteiger charge is 2.25. The van der Waals surface area contributed by atoms with Crippen LogP contribution in [0.3, 0.4) is 0 Å². The zero-order valence-corrected chi connectivity index (χ0v) is 13.4. The van der Waals surface area contributed by atoms with Crippen molar-refractivity contribution in [3.63, 3.8) is 0 Å². The largest absolute Gasteiger partial charge is 0.497 e. The van der Waals surface area contributed by atoms with Crippen molar-refractivity contribution in [1.29, 1.82) is 0 Å². The summed E-state index contributed by atoms with van der Waals surface area (Å²) in [5, 5.41) is 0. The van der Waals surface area contributed by atoms with Crippen LogP contribution in [0.15, 0.2) is 22.7 Å². The second kappa shape index (κ2) is 6.73. The molecule has 1 aromatic rings. The van der Waals surface area contributed by atoms with E-state index in [1.807, 2.05) is 6.07 Å². The first kappa shape index (κ1) is 14.8. The molecule has 0 saturated carbocycles. The minimum absolute atomic E-state index is 0.312. The number of rotatable bonds is 4. The van der Waals surface area contributed by atoms with Crippen LogP contribution in [0.1, 0.15) is 25.8 Å². The Morgan fingerprint density at radius 2 is 2.26 bits per heavy atom. The van der Waals surface area contributed by atoms with Gasteiger partial charge in [0.1, 0.15) is 5.75 Å². The molecule has 0 spiro atoms. The molecule has 2 rings (SSSR count). The first-order valence-corrected chi connectivity index (χ1v) is 7.61. The zero-order chi connectivity index (χ0) is 13.8. The quantitative estimate of drug-likeness (QED) is 0.845. The van der Waals surface area contributed by atoms with E-state index in [0.717, 1.165) is 36.3 Å². The molecule has 1 heterocycles. The Morgan fingerprint density at radius 3 is 2.95 bits per heavy atom. The van der Waals surface area contributed by atoms with E-state index in [-0.39, 0.29) is 0 Å². The molecule has 0 bridgehead atoms. The summed E-state index contributed by atoms with van der Waals surface area (Å²) in [5.74, 6) is 0.910. The van der Waals surface area contributed by atoms with Gasteiger partial charge in [0.2, 0.25) is 0 Å². The Kier molecular flexibility index (Phi) is 5.25. The Morgan fingerprint density at radius 1 is 1.47 bits per heavy atom. The molecular weight excluding hydrogens is 306 g/mol. The number of ether oxygens (including phenoxy) is 2. The van der Waals surface area contributed by atoms with Crippen molar-refractivity contribution >= 4 is 15.9 Å². The lowest BCUT2D eigenvalue weighted by molar-refractivity contribution is -0.0592. The Hall–Kier alpha value is -0.580. The third-order valence-electron chi connectivity index (χ3n) is 3.68. The van der Waals surface area contributed by atoms with Crippen LogP contribution >= 0.6 is 15.9 Å². The molecule has 2 unspecified atom stereocenters. The van der Waals surface area contributed by atoms with Crippen molar-refractivity contribution < 1.29 is 9.47 Å². The van der Waals surface area contributed by atoms with Crippen molar-refractivity contribution in [1.82, 2.24) is 4.90 Å². The summed E-state index contributed by atoms with van der Waals surface area (Å²) in [4.78, 5) is 2.51. The topological polar surface area (TPSA) is 21.7 Å². The van der Waals surface area contributed by atoms with E-state index < -0.39 is 0 Å². The number of halogens is 1. The van der Waals surface area contributed by atoms with Crippen molar-refractivity contribution in [3.05, 3.63) is 28.2 Å². The highest BCUT2D eigenvalue weighted by Crippen LogP contribution is 2.26. The van der Waals surface area contributed by atoms with Gasteiger partial charge in [-0.1, -0.05) is 22.9 Å².